The van der Waals surface area contributed by atoms with Crippen LogP contribution in [0.1, 0.15) is 33.6 Å². The van der Waals surface area contributed by atoms with Crippen LogP contribution in [0.3, 0.4) is 0 Å². The Balaban J connectivity index is 1.95. The SMILES string of the molecule is N#CC1(C(=O)c2ccccc2)[C@H](c2ccc(F)cc2)NC(=O)N[C@H]1c1ccc(F)cc1. The smallest absolute Gasteiger partial charge is 0.315 e. The second-order valence-electron chi connectivity index (χ2n) is 7.26. The van der Waals surface area contributed by atoms with Crippen molar-refractivity contribution in [1.29, 1.82) is 5.26 Å². The average molecular weight is 417 g/mol. The van der Waals surface area contributed by atoms with Crippen LogP contribution in [0.2, 0.25) is 0 Å². The van der Waals surface area contributed by atoms with Gasteiger partial charge in [0.15, 0.2) is 11.2 Å². The van der Waals surface area contributed by atoms with E-state index in [0.717, 1.165) is 0 Å². The van der Waals surface area contributed by atoms with Crippen molar-refractivity contribution in [3.8, 4) is 6.07 Å². The first kappa shape index (κ1) is 20.2. The minimum atomic E-state index is -1.83. The number of hydrogen-bond acceptors (Lipinski definition) is 3. The number of nitrogens with zero attached hydrogens (tertiary/aromatic N) is 1. The summed E-state index contributed by atoms with van der Waals surface area (Å²) in [7, 11) is 0. The highest BCUT2D eigenvalue weighted by atomic mass is 19.1. The van der Waals surface area contributed by atoms with Gasteiger partial charge in [0.1, 0.15) is 11.6 Å². The summed E-state index contributed by atoms with van der Waals surface area (Å²) in [5, 5.41) is 15.8. The lowest BCUT2D eigenvalue weighted by atomic mass is 9.65. The Morgan fingerprint density at radius 3 is 1.68 bits per heavy atom. The first-order valence-electron chi connectivity index (χ1n) is 9.55. The third kappa shape index (κ3) is 3.53. The van der Waals surface area contributed by atoms with Crippen LogP contribution in [0, 0.1) is 28.4 Å². The number of urea groups is 1. The molecule has 0 unspecified atom stereocenters. The van der Waals surface area contributed by atoms with Crippen molar-refractivity contribution in [2.75, 3.05) is 0 Å². The van der Waals surface area contributed by atoms with E-state index < -0.39 is 40.9 Å². The molecule has 1 aliphatic rings. The minimum Gasteiger partial charge on any atom is -0.329 e. The van der Waals surface area contributed by atoms with Crippen LogP contribution in [0.5, 0.6) is 0 Å². The molecule has 1 saturated heterocycles. The summed E-state index contributed by atoms with van der Waals surface area (Å²) >= 11 is 0. The molecule has 3 aromatic carbocycles. The fraction of sp³-hybridized carbons (Fsp3) is 0.125. The first-order valence-corrected chi connectivity index (χ1v) is 9.55. The summed E-state index contributed by atoms with van der Waals surface area (Å²) < 4.78 is 27.1. The zero-order valence-corrected chi connectivity index (χ0v) is 16.2. The standard InChI is InChI=1S/C24H17F2N3O2/c25-18-10-6-15(7-11-18)20-24(14-27,22(30)17-4-2-1-3-5-17)21(29-23(31)28-20)16-8-12-19(26)13-9-16/h1-13,20-21H,(H2,28,29,31)/t20-,21-/m0/s1. The lowest BCUT2D eigenvalue weighted by molar-refractivity contribution is 0.0708. The van der Waals surface area contributed by atoms with Crippen molar-refractivity contribution < 1.29 is 18.4 Å². The number of nitrogens with one attached hydrogen (secondary N) is 2. The summed E-state index contributed by atoms with van der Waals surface area (Å²) in [6.45, 7) is 0. The van der Waals surface area contributed by atoms with E-state index in [0.29, 0.717) is 11.1 Å². The highest BCUT2D eigenvalue weighted by Crippen LogP contribution is 2.48. The number of hydrogen-bond donors (Lipinski definition) is 2. The Hall–Kier alpha value is -4.05. The van der Waals surface area contributed by atoms with Gasteiger partial charge in [0.25, 0.3) is 0 Å². The summed E-state index contributed by atoms with van der Waals surface area (Å²) in [4.78, 5) is 26.3. The number of benzene rings is 3. The summed E-state index contributed by atoms with van der Waals surface area (Å²) in [6, 6.07) is 18.2. The first-order chi connectivity index (χ1) is 15.0. The molecule has 0 bridgehead atoms. The Morgan fingerprint density at radius 2 is 1.26 bits per heavy atom. The molecular weight excluding hydrogens is 400 g/mol. The Kier molecular flexibility index (Phi) is 5.22. The summed E-state index contributed by atoms with van der Waals surface area (Å²) in [5.74, 6) is -1.50. The maximum Gasteiger partial charge on any atom is 0.315 e. The van der Waals surface area contributed by atoms with Crippen LogP contribution in [0.25, 0.3) is 0 Å². The van der Waals surface area contributed by atoms with Gasteiger partial charge in [0.05, 0.1) is 18.2 Å². The number of carbonyl (C=O) groups excluding carboxylic acids is 2. The van der Waals surface area contributed by atoms with Crippen molar-refractivity contribution in [2.45, 2.75) is 12.1 Å². The normalized spacial score (nSPS) is 19.6. The van der Waals surface area contributed by atoms with Crippen molar-refractivity contribution >= 4 is 11.8 Å². The van der Waals surface area contributed by atoms with Gasteiger partial charge in [-0.3, -0.25) is 4.79 Å². The molecule has 1 aliphatic heterocycles. The fourth-order valence-electron chi connectivity index (χ4n) is 3.97. The predicted molar refractivity (Wildman–Crippen MR) is 109 cm³/mol. The van der Waals surface area contributed by atoms with E-state index in [2.05, 4.69) is 16.7 Å². The second kappa shape index (κ2) is 8.00. The molecule has 7 heteroatoms. The molecule has 2 amide bonds. The van der Waals surface area contributed by atoms with E-state index in [4.69, 9.17) is 0 Å². The monoisotopic (exact) mass is 417 g/mol. The Morgan fingerprint density at radius 1 is 0.806 bits per heavy atom. The summed E-state index contributed by atoms with van der Waals surface area (Å²) in [5.41, 5.74) is -0.755. The quantitative estimate of drug-likeness (QED) is 0.615. The van der Waals surface area contributed by atoms with Gasteiger partial charge >= 0.3 is 6.03 Å². The molecule has 2 N–H and O–H groups in total. The topological polar surface area (TPSA) is 82.0 Å². The minimum absolute atomic E-state index is 0.279. The van der Waals surface area contributed by atoms with E-state index >= 15 is 0 Å². The molecule has 4 rings (SSSR count). The lowest BCUT2D eigenvalue weighted by Gasteiger charge is -2.44. The van der Waals surface area contributed by atoms with Crippen LogP contribution in [-0.4, -0.2) is 11.8 Å². The van der Waals surface area contributed by atoms with E-state index in [1.54, 1.807) is 30.3 Å². The zero-order chi connectivity index (χ0) is 22.0. The molecule has 0 saturated carbocycles. The molecule has 5 nitrogen and oxygen atoms in total. The maximum absolute atomic E-state index is 13.8. The molecule has 0 aromatic heterocycles. The molecule has 154 valence electrons. The van der Waals surface area contributed by atoms with E-state index in [9.17, 15) is 23.6 Å². The number of Topliss-reactive ketones (excluding diaryl/α,β-unsaturated/α-hetero) is 1. The number of nitriles is 1. The van der Waals surface area contributed by atoms with Gasteiger partial charge in [0, 0.05) is 5.56 Å². The number of rotatable bonds is 4. The van der Waals surface area contributed by atoms with Gasteiger partial charge in [-0.2, -0.15) is 5.26 Å². The van der Waals surface area contributed by atoms with Crippen molar-refractivity contribution in [2.24, 2.45) is 5.41 Å². The third-order valence-corrected chi connectivity index (χ3v) is 5.46. The number of amides is 2. The Bertz CT molecular complexity index is 1100. The largest absolute Gasteiger partial charge is 0.329 e. The summed E-state index contributed by atoms with van der Waals surface area (Å²) in [6.07, 6.45) is 0. The van der Waals surface area contributed by atoms with E-state index in [-0.39, 0.29) is 5.56 Å². The van der Waals surface area contributed by atoms with Gasteiger partial charge in [-0.15, -0.1) is 0 Å². The fourth-order valence-corrected chi connectivity index (χ4v) is 3.97. The van der Waals surface area contributed by atoms with Gasteiger partial charge in [-0.1, -0.05) is 54.6 Å². The Labute approximate surface area is 177 Å². The van der Waals surface area contributed by atoms with Crippen LogP contribution in [0.4, 0.5) is 13.6 Å². The third-order valence-electron chi connectivity index (χ3n) is 5.46. The molecule has 31 heavy (non-hydrogen) atoms. The predicted octanol–water partition coefficient (Wildman–Crippen LogP) is 4.45. The molecule has 1 heterocycles. The van der Waals surface area contributed by atoms with Crippen LogP contribution in [-0.2, 0) is 0 Å². The average Bonchev–Trinajstić information content (AvgIpc) is 2.80. The molecule has 0 radical (unpaired) electrons. The van der Waals surface area contributed by atoms with Crippen molar-refractivity contribution in [1.82, 2.24) is 10.6 Å². The molecule has 2 atom stereocenters. The highest BCUT2D eigenvalue weighted by molar-refractivity contribution is 6.05. The zero-order valence-electron chi connectivity index (χ0n) is 16.2. The highest BCUT2D eigenvalue weighted by Gasteiger charge is 2.57. The molecular formula is C24H17F2N3O2. The second-order valence-corrected chi connectivity index (χ2v) is 7.26. The maximum atomic E-state index is 13.8. The van der Waals surface area contributed by atoms with Crippen molar-refractivity contribution in [3.63, 3.8) is 0 Å². The van der Waals surface area contributed by atoms with Crippen LogP contribution in [0.15, 0.2) is 78.9 Å². The van der Waals surface area contributed by atoms with E-state index in [1.807, 2.05) is 0 Å². The van der Waals surface area contributed by atoms with Crippen LogP contribution >= 0.6 is 0 Å². The van der Waals surface area contributed by atoms with Gasteiger partial charge in [-0.25, -0.2) is 13.6 Å². The van der Waals surface area contributed by atoms with Gasteiger partial charge in [-0.05, 0) is 35.4 Å². The van der Waals surface area contributed by atoms with E-state index in [1.165, 1.54) is 48.5 Å². The van der Waals surface area contributed by atoms with Gasteiger partial charge < -0.3 is 10.6 Å². The van der Waals surface area contributed by atoms with Crippen LogP contribution < -0.4 is 10.6 Å². The number of carbonyl (C=O) groups is 2. The molecule has 1 fully saturated rings. The van der Waals surface area contributed by atoms with Gasteiger partial charge in [0.2, 0.25) is 0 Å². The molecule has 0 spiro atoms. The number of halogens is 2. The molecule has 3 aromatic rings. The lowest BCUT2D eigenvalue weighted by Crippen LogP contribution is -2.60. The van der Waals surface area contributed by atoms with Crippen molar-refractivity contribution in [3.05, 3.63) is 107 Å². The molecule has 0 aliphatic carbocycles. The number of ketones is 1.